The molecule has 18 heavy (non-hydrogen) atoms. The van der Waals surface area contributed by atoms with Crippen molar-refractivity contribution in [3.05, 3.63) is 29.6 Å². The number of aliphatic hydroxyl groups excluding tert-OH is 1. The van der Waals surface area contributed by atoms with Gasteiger partial charge in [0.05, 0.1) is 11.8 Å². The Balaban J connectivity index is 2.03. The molecule has 1 saturated heterocycles. The van der Waals surface area contributed by atoms with Crippen molar-refractivity contribution < 1.29 is 5.11 Å². The molecule has 2 unspecified atom stereocenters. The SMILES string of the molecule is Cc1cccnc1CN1CCCCC1CC(C)O. The first-order valence-electron chi connectivity index (χ1n) is 6.99. The second-order valence-electron chi connectivity index (χ2n) is 5.47. The standard InChI is InChI=1S/C15H24N2O/c1-12-6-5-8-16-15(12)11-17-9-4-3-7-14(17)10-13(2)18/h5-6,8,13-14,18H,3-4,7,9-11H2,1-2H3. The van der Waals surface area contributed by atoms with Crippen molar-refractivity contribution in [1.29, 1.82) is 0 Å². The number of aromatic nitrogens is 1. The van der Waals surface area contributed by atoms with E-state index in [-0.39, 0.29) is 6.10 Å². The summed E-state index contributed by atoms with van der Waals surface area (Å²) < 4.78 is 0. The number of piperidine rings is 1. The smallest absolute Gasteiger partial charge is 0.0573 e. The van der Waals surface area contributed by atoms with Gasteiger partial charge in [-0.15, -0.1) is 0 Å². The maximum absolute atomic E-state index is 9.60. The van der Waals surface area contributed by atoms with Gasteiger partial charge < -0.3 is 5.11 Å². The molecule has 1 aliphatic heterocycles. The Labute approximate surface area is 110 Å². The van der Waals surface area contributed by atoms with Crippen LogP contribution in [0.5, 0.6) is 0 Å². The highest BCUT2D eigenvalue weighted by molar-refractivity contribution is 5.17. The summed E-state index contributed by atoms with van der Waals surface area (Å²) in [4.78, 5) is 6.97. The molecular formula is C15H24N2O. The number of likely N-dealkylation sites (tertiary alicyclic amines) is 1. The van der Waals surface area contributed by atoms with E-state index < -0.39 is 0 Å². The van der Waals surface area contributed by atoms with E-state index >= 15 is 0 Å². The molecule has 0 saturated carbocycles. The quantitative estimate of drug-likeness (QED) is 0.889. The summed E-state index contributed by atoms with van der Waals surface area (Å²) in [5.74, 6) is 0. The average molecular weight is 248 g/mol. The molecule has 0 aliphatic carbocycles. The monoisotopic (exact) mass is 248 g/mol. The summed E-state index contributed by atoms with van der Waals surface area (Å²) in [6.07, 6.45) is 6.30. The maximum atomic E-state index is 9.60. The zero-order valence-electron chi connectivity index (χ0n) is 11.5. The van der Waals surface area contributed by atoms with Crippen molar-refractivity contribution in [2.75, 3.05) is 6.54 Å². The summed E-state index contributed by atoms with van der Waals surface area (Å²) in [5.41, 5.74) is 2.44. The van der Waals surface area contributed by atoms with Crippen LogP contribution in [0.2, 0.25) is 0 Å². The number of aryl methyl sites for hydroxylation is 1. The molecule has 1 aromatic heterocycles. The van der Waals surface area contributed by atoms with E-state index in [4.69, 9.17) is 0 Å². The van der Waals surface area contributed by atoms with Gasteiger partial charge in [-0.2, -0.15) is 0 Å². The first-order valence-corrected chi connectivity index (χ1v) is 6.99. The molecule has 0 amide bonds. The van der Waals surface area contributed by atoms with Crippen molar-refractivity contribution in [2.24, 2.45) is 0 Å². The van der Waals surface area contributed by atoms with Crippen LogP contribution >= 0.6 is 0 Å². The van der Waals surface area contributed by atoms with Crippen LogP contribution in [0, 0.1) is 6.92 Å². The first kappa shape index (κ1) is 13.5. The second kappa shape index (κ2) is 6.30. The van der Waals surface area contributed by atoms with Crippen LogP contribution in [0.15, 0.2) is 18.3 Å². The molecule has 1 fully saturated rings. The Hall–Kier alpha value is -0.930. The number of rotatable bonds is 4. The van der Waals surface area contributed by atoms with Crippen molar-refractivity contribution in [3.63, 3.8) is 0 Å². The molecule has 1 aromatic rings. The predicted molar refractivity (Wildman–Crippen MR) is 73.3 cm³/mol. The molecule has 100 valence electrons. The second-order valence-corrected chi connectivity index (χ2v) is 5.47. The van der Waals surface area contributed by atoms with Gasteiger partial charge >= 0.3 is 0 Å². The summed E-state index contributed by atoms with van der Waals surface area (Å²) in [5, 5.41) is 9.60. The number of hydrogen-bond acceptors (Lipinski definition) is 3. The van der Waals surface area contributed by atoms with E-state index in [1.165, 1.54) is 30.5 Å². The van der Waals surface area contributed by atoms with Gasteiger partial charge in [0.25, 0.3) is 0 Å². The largest absolute Gasteiger partial charge is 0.393 e. The lowest BCUT2D eigenvalue weighted by Crippen LogP contribution is -2.40. The van der Waals surface area contributed by atoms with Crippen LogP contribution in [0.4, 0.5) is 0 Å². The van der Waals surface area contributed by atoms with Crippen molar-refractivity contribution >= 4 is 0 Å². The van der Waals surface area contributed by atoms with Crippen LogP contribution in [0.25, 0.3) is 0 Å². The summed E-state index contributed by atoms with van der Waals surface area (Å²) >= 11 is 0. The molecule has 0 radical (unpaired) electrons. The maximum Gasteiger partial charge on any atom is 0.0573 e. The van der Waals surface area contributed by atoms with Gasteiger partial charge in [-0.05, 0) is 51.3 Å². The van der Waals surface area contributed by atoms with E-state index in [1.807, 2.05) is 19.2 Å². The zero-order valence-corrected chi connectivity index (χ0v) is 11.5. The van der Waals surface area contributed by atoms with Crippen LogP contribution in [-0.4, -0.2) is 33.7 Å². The molecule has 0 aromatic carbocycles. The minimum atomic E-state index is -0.208. The lowest BCUT2D eigenvalue weighted by atomic mass is 9.97. The Morgan fingerprint density at radius 2 is 2.33 bits per heavy atom. The van der Waals surface area contributed by atoms with Crippen molar-refractivity contribution in [2.45, 2.75) is 58.2 Å². The van der Waals surface area contributed by atoms with Gasteiger partial charge in [0, 0.05) is 18.8 Å². The number of hydrogen-bond donors (Lipinski definition) is 1. The molecule has 0 spiro atoms. The molecular weight excluding hydrogens is 224 g/mol. The fourth-order valence-corrected chi connectivity index (χ4v) is 2.81. The summed E-state index contributed by atoms with van der Waals surface area (Å²) in [7, 11) is 0. The van der Waals surface area contributed by atoms with Gasteiger partial charge in [-0.25, -0.2) is 0 Å². The van der Waals surface area contributed by atoms with Gasteiger partial charge in [0.15, 0.2) is 0 Å². The molecule has 2 atom stereocenters. The van der Waals surface area contributed by atoms with E-state index in [0.717, 1.165) is 19.5 Å². The minimum absolute atomic E-state index is 0.208. The third-order valence-corrected chi connectivity index (χ3v) is 3.83. The van der Waals surface area contributed by atoms with Gasteiger partial charge in [-0.1, -0.05) is 12.5 Å². The van der Waals surface area contributed by atoms with Crippen LogP contribution in [0.1, 0.15) is 43.9 Å². The van der Waals surface area contributed by atoms with Crippen LogP contribution in [-0.2, 0) is 6.54 Å². The molecule has 0 bridgehead atoms. The third-order valence-electron chi connectivity index (χ3n) is 3.83. The van der Waals surface area contributed by atoms with E-state index in [0.29, 0.717) is 6.04 Å². The Morgan fingerprint density at radius 3 is 3.06 bits per heavy atom. The topological polar surface area (TPSA) is 36.4 Å². The lowest BCUT2D eigenvalue weighted by molar-refractivity contribution is 0.0808. The zero-order chi connectivity index (χ0) is 13.0. The lowest BCUT2D eigenvalue weighted by Gasteiger charge is -2.36. The number of pyridine rings is 1. The Morgan fingerprint density at radius 1 is 1.50 bits per heavy atom. The van der Waals surface area contributed by atoms with Gasteiger partial charge in [0.2, 0.25) is 0 Å². The highest BCUT2D eigenvalue weighted by atomic mass is 16.3. The molecule has 2 rings (SSSR count). The first-order chi connectivity index (χ1) is 8.66. The van der Waals surface area contributed by atoms with E-state index in [9.17, 15) is 5.11 Å². The summed E-state index contributed by atoms with van der Waals surface area (Å²) in [6, 6.07) is 4.62. The normalized spacial score (nSPS) is 22.9. The van der Waals surface area contributed by atoms with Crippen LogP contribution in [0.3, 0.4) is 0 Å². The van der Waals surface area contributed by atoms with Crippen molar-refractivity contribution in [1.82, 2.24) is 9.88 Å². The van der Waals surface area contributed by atoms with Gasteiger partial charge in [-0.3, -0.25) is 9.88 Å². The highest BCUT2D eigenvalue weighted by Crippen LogP contribution is 2.23. The van der Waals surface area contributed by atoms with Crippen molar-refractivity contribution in [3.8, 4) is 0 Å². The molecule has 2 heterocycles. The van der Waals surface area contributed by atoms with E-state index in [1.54, 1.807) is 0 Å². The average Bonchev–Trinajstić information content (AvgIpc) is 2.34. The number of nitrogens with zero attached hydrogens (tertiary/aromatic N) is 2. The fourth-order valence-electron chi connectivity index (χ4n) is 2.81. The van der Waals surface area contributed by atoms with Crippen LogP contribution < -0.4 is 0 Å². The molecule has 3 heteroatoms. The molecule has 3 nitrogen and oxygen atoms in total. The molecule has 1 aliphatic rings. The highest BCUT2D eigenvalue weighted by Gasteiger charge is 2.24. The molecule has 1 N–H and O–H groups in total. The minimum Gasteiger partial charge on any atom is -0.393 e. The Kier molecular flexibility index (Phi) is 4.72. The van der Waals surface area contributed by atoms with Gasteiger partial charge in [0.1, 0.15) is 0 Å². The summed E-state index contributed by atoms with van der Waals surface area (Å²) in [6.45, 7) is 6.06. The predicted octanol–water partition coefficient (Wildman–Crippen LogP) is 2.52. The van der Waals surface area contributed by atoms with E-state index in [2.05, 4.69) is 22.9 Å². The third kappa shape index (κ3) is 3.53. The number of aliphatic hydroxyl groups is 1. The Bertz CT molecular complexity index is 379. The fraction of sp³-hybridized carbons (Fsp3) is 0.667.